The molecule has 5 rings (SSSR count). The van der Waals surface area contributed by atoms with Gasteiger partial charge in [0.15, 0.2) is 33.7 Å². The van der Waals surface area contributed by atoms with Gasteiger partial charge in [0.25, 0.3) is 0 Å². The quantitative estimate of drug-likeness (QED) is 0.117. The highest BCUT2D eigenvalue weighted by molar-refractivity contribution is 7.85. The molecule has 0 aromatic heterocycles. The number of allylic oxidation sites excluding steroid dienone is 5. The average molecular weight is 717 g/mol. The molecule has 0 fully saturated rings. The number of benzene rings is 4. The van der Waals surface area contributed by atoms with Gasteiger partial charge in [-0.25, -0.2) is 29.8 Å². The van der Waals surface area contributed by atoms with Crippen LogP contribution in [0.5, 0.6) is 0 Å². The molecule has 0 radical (unpaired) electrons. The average Bonchev–Trinajstić information content (AvgIpc) is 3.10. The van der Waals surface area contributed by atoms with Crippen LogP contribution in [0.2, 0.25) is 0 Å². The van der Waals surface area contributed by atoms with Gasteiger partial charge in [0.05, 0.1) is 14.7 Å². The van der Waals surface area contributed by atoms with Crippen molar-refractivity contribution >= 4 is 48.5 Å². The monoisotopic (exact) mass is 716 g/mol. The van der Waals surface area contributed by atoms with Crippen LogP contribution < -0.4 is 4.90 Å². The van der Waals surface area contributed by atoms with Crippen molar-refractivity contribution in [2.75, 3.05) is 18.0 Å². The van der Waals surface area contributed by atoms with E-state index < -0.39 is 31.5 Å². The molecule has 0 saturated heterocycles. The molecule has 1 aliphatic carbocycles. The van der Waals surface area contributed by atoms with Crippen LogP contribution in [0.15, 0.2) is 142 Å². The van der Waals surface area contributed by atoms with Crippen molar-refractivity contribution in [3.05, 3.63) is 149 Å². The van der Waals surface area contributed by atoms with Crippen molar-refractivity contribution < 1.29 is 34.4 Å². The summed E-state index contributed by atoms with van der Waals surface area (Å²) in [5.41, 5.74) is 5.70. The van der Waals surface area contributed by atoms with Gasteiger partial charge in [-0.2, -0.15) is 0 Å². The zero-order valence-corrected chi connectivity index (χ0v) is 29.5. The van der Waals surface area contributed by atoms with E-state index in [0.717, 1.165) is 22.5 Å². The van der Waals surface area contributed by atoms with Crippen molar-refractivity contribution in [3.63, 3.8) is 0 Å². The molecular weight excluding hydrogens is 681 g/mol. The molecule has 0 spiro atoms. The van der Waals surface area contributed by atoms with Crippen LogP contribution in [-0.2, 0) is 44.6 Å². The first-order chi connectivity index (χ1) is 23.5. The second kappa shape index (κ2) is 15.7. The van der Waals surface area contributed by atoms with E-state index in [9.17, 15) is 29.8 Å². The Morgan fingerprint density at radius 3 is 1.90 bits per heavy atom. The molecular formula is C37H36N2O7S3. The third-order valence-electron chi connectivity index (χ3n) is 8.22. The van der Waals surface area contributed by atoms with E-state index >= 15 is 0 Å². The van der Waals surface area contributed by atoms with Crippen LogP contribution in [0.3, 0.4) is 0 Å². The highest BCUT2D eigenvalue weighted by Gasteiger charge is 2.20. The molecule has 0 N–H and O–H groups in total. The van der Waals surface area contributed by atoms with Gasteiger partial charge in [-0.1, -0.05) is 54.6 Å². The Hall–Kier alpha value is -4.62. The third-order valence-corrected chi connectivity index (χ3v) is 10.5. The molecule has 9 nitrogen and oxygen atoms in total. The summed E-state index contributed by atoms with van der Waals surface area (Å²) >= 11 is 0. The molecule has 0 aliphatic heterocycles. The molecule has 0 heterocycles. The number of rotatable bonds is 12. The van der Waals surface area contributed by atoms with E-state index in [4.69, 9.17) is 0 Å². The Kier molecular flexibility index (Phi) is 11.5. The fraction of sp³-hybridized carbons (Fsp3) is 0.162. The summed E-state index contributed by atoms with van der Waals surface area (Å²) < 4.78 is 85.4. The zero-order chi connectivity index (χ0) is 35.1. The molecule has 1 aliphatic rings. The van der Waals surface area contributed by atoms with Gasteiger partial charge in [0, 0.05) is 42.1 Å². The largest absolute Gasteiger partial charge is 0.744 e. The zero-order valence-electron chi connectivity index (χ0n) is 26.9. The maximum atomic E-state index is 12.4. The molecule has 0 saturated carbocycles. The molecule has 0 atom stereocenters. The number of hydrogen-bond acceptors (Lipinski definition) is 8. The minimum atomic E-state index is -4.81. The predicted molar refractivity (Wildman–Crippen MR) is 191 cm³/mol. The number of hydrogen-bond donors (Lipinski definition) is 2. The van der Waals surface area contributed by atoms with Gasteiger partial charge in [0.1, 0.15) is 16.7 Å². The van der Waals surface area contributed by atoms with E-state index in [1.807, 2.05) is 74.5 Å². The van der Waals surface area contributed by atoms with Gasteiger partial charge >= 0.3 is 0 Å². The number of thiol groups is 2. The van der Waals surface area contributed by atoms with E-state index in [0.29, 0.717) is 42.9 Å². The SMILES string of the molecule is CCN(Cc1cccc([SH](=O)=O)c1)c1ccc(C(=C2C=CC(=[N+](CC)Cc3cccc([SH](=O)=O)c3)C=C2)c2ccccc2S(=O)(=O)[O-])cc1. The summed E-state index contributed by atoms with van der Waals surface area (Å²) in [6.07, 6.45) is 7.60. The molecule has 49 heavy (non-hydrogen) atoms. The third kappa shape index (κ3) is 8.70. The summed E-state index contributed by atoms with van der Waals surface area (Å²) in [6.45, 7) is 6.26. The molecule has 12 heteroatoms. The predicted octanol–water partition coefficient (Wildman–Crippen LogP) is 5.16. The van der Waals surface area contributed by atoms with Gasteiger partial charge in [0.2, 0.25) is 0 Å². The van der Waals surface area contributed by atoms with Crippen LogP contribution in [0.25, 0.3) is 5.57 Å². The standard InChI is InChI=1S/C37H36N2O7S3/c1-3-38(25-27-9-7-11-33(23-27)47(40)41)31-19-15-29(16-20-31)37(35-13-5-6-14-36(35)49(44,45)46)30-17-21-32(22-18-30)39(4-2)26-28-10-8-12-34(24-28)48(42)43/h5-24,47-48H,3-4,25-26H2,1-2H3. The Labute approximate surface area is 290 Å². The maximum absolute atomic E-state index is 12.4. The molecule has 0 amide bonds. The van der Waals surface area contributed by atoms with Crippen molar-refractivity contribution in [3.8, 4) is 0 Å². The smallest absolute Gasteiger partial charge is 0.200 e. The highest BCUT2D eigenvalue weighted by Crippen LogP contribution is 2.35. The van der Waals surface area contributed by atoms with E-state index in [-0.39, 0.29) is 20.2 Å². The Balaban J connectivity index is 1.54. The summed E-state index contributed by atoms with van der Waals surface area (Å²) in [5.74, 6) is 0. The molecule has 4 aromatic carbocycles. The Bertz CT molecular complexity index is 2230. The van der Waals surface area contributed by atoms with Crippen LogP contribution in [0.4, 0.5) is 5.69 Å². The summed E-state index contributed by atoms with van der Waals surface area (Å²) in [6, 6.07) is 27.4. The van der Waals surface area contributed by atoms with Crippen molar-refractivity contribution in [2.45, 2.75) is 41.6 Å². The van der Waals surface area contributed by atoms with E-state index in [1.165, 1.54) is 12.1 Å². The summed E-state index contributed by atoms with van der Waals surface area (Å²) in [5, 5.41) is 0. The Morgan fingerprint density at radius 2 is 1.33 bits per heavy atom. The lowest BCUT2D eigenvalue weighted by atomic mass is 9.90. The van der Waals surface area contributed by atoms with E-state index in [1.54, 1.807) is 48.5 Å². The fourth-order valence-electron chi connectivity index (χ4n) is 5.80. The second-order valence-corrected chi connectivity index (χ2v) is 14.7. The minimum absolute atomic E-state index is 0.254. The van der Waals surface area contributed by atoms with E-state index in [2.05, 4.69) is 9.48 Å². The molecule has 0 bridgehead atoms. The number of anilines is 1. The summed E-state index contributed by atoms with van der Waals surface area (Å²) in [7, 11) is -10.2. The lowest BCUT2D eigenvalue weighted by Crippen LogP contribution is -2.22. The minimum Gasteiger partial charge on any atom is -0.744 e. The van der Waals surface area contributed by atoms with Crippen LogP contribution in [0, 0.1) is 0 Å². The number of nitrogens with zero attached hydrogens (tertiary/aromatic N) is 2. The van der Waals surface area contributed by atoms with Crippen molar-refractivity contribution in [1.82, 2.24) is 0 Å². The van der Waals surface area contributed by atoms with Crippen molar-refractivity contribution in [1.29, 1.82) is 0 Å². The van der Waals surface area contributed by atoms with Crippen LogP contribution >= 0.6 is 0 Å². The van der Waals surface area contributed by atoms with Gasteiger partial charge in [-0.15, -0.1) is 0 Å². The first-order valence-corrected chi connectivity index (χ1v) is 19.3. The second-order valence-electron chi connectivity index (χ2n) is 11.3. The lowest BCUT2D eigenvalue weighted by molar-refractivity contribution is -0.539. The molecule has 254 valence electrons. The summed E-state index contributed by atoms with van der Waals surface area (Å²) in [4.78, 5) is 2.28. The van der Waals surface area contributed by atoms with Crippen LogP contribution in [-0.4, -0.2) is 53.2 Å². The first-order valence-electron chi connectivity index (χ1n) is 15.6. The normalized spacial score (nSPS) is 12.9. The molecule has 4 aromatic rings. The van der Waals surface area contributed by atoms with Crippen LogP contribution in [0.1, 0.15) is 36.1 Å². The molecule has 0 unspecified atom stereocenters. The fourth-order valence-corrected chi connectivity index (χ4v) is 7.44. The maximum Gasteiger partial charge on any atom is 0.200 e. The van der Waals surface area contributed by atoms with Crippen molar-refractivity contribution in [2.24, 2.45) is 0 Å². The van der Waals surface area contributed by atoms with Gasteiger partial charge in [-0.3, -0.25) is 0 Å². The van der Waals surface area contributed by atoms with Gasteiger partial charge in [-0.05, 0) is 90.7 Å². The van der Waals surface area contributed by atoms with Gasteiger partial charge < -0.3 is 9.45 Å². The highest BCUT2D eigenvalue weighted by atomic mass is 32.2. The first kappa shape index (κ1) is 35.7. The topological polar surface area (TPSA) is 132 Å². The Morgan fingerprint density at radius 1 is 0.735 bits per heavy atom. The lowest BCUT2D eigenvalue weighted by Gasteiger charge is -2.24.